The zero-order valence-corrected chi connectivity index (χ0v) is 13.4. The first-order chi connectivity index (χ1) is 9.27. The largest absolute Gasteiger partial charge is 0.297 e. The predicted molar refractivity (Wildman–Crippen MR) is 83.1 cm³/mol. The number of aromatic nitrogens is 1. The van der Waals surface area contributed by atoms with Crippen LogP contribution in [0, 0.1) is 0 Å². The fourth-order valence-corrected chi connectivity index (χ4v) is 3.21. The van der Waals surface area contributed by atoms with E-state index in [-0.39, 0.29) is 17.1 Å². The summed E-state index contributed by atoms with van der Waals surface area (Å²) in [4.78, 5) is 28.8. The second kappa shape index (κ2) is 5.46. The Balaban J connectivity index is 2.11. The molecule has 2 aromatic heterocycles. The topological polar surface area (TPSA) is 59.1 Å². The van der Waals surface area contributed by atoms with Crippen LogP contribution in [0.3, 0.4) is 0 Å². The summed E-state index contributed by atoms with van der Waals surface area (Å²) in [5.41, 5.74) is 0.915. The SMILES string of the molecule is CC(=O)c1ccc(C(=O)Nc2nc(C(C)(C)C)cs2)s1. The van der Waals surface area contributed by atoms with Crippen LogP contribution < -0.4 is 5.32 Å². The van der Waals surface area contributed by atoms with Gasteiger partial charge in [0.15, 0.2) is 10.9 Å². The van der Waals surface area contributed by atoms with E-state index >= 15 is 0 Å². The molecular weight excluding hydrogens is 292 g/mol. The van der Waals surface area contributed by atoms with Crippen molar-refractivity contribution in [1.29, 1.82) is 0 Å². The van der Waals surface area contributed by atoms with Crippen LogP contribution in [0.1, 0.15) is 52.7 Å². The molecule has 0 atom stereocenters. The highest BCUT2D eigenvalue weighted by Crippen LogP contribution is 2.27. The average Bonchev–Trinajstić information content (AvgIpc) is 2.95. The molecular formula is C14H16N2O2S2. The maximum Gasteiger partial charge on any atom is 0.267 e. The first-order valence-corrected chi connectivity index (χ1v) is 7.85. The number of anilines is 1. The molecule has 0 radical (unpaired) electrons. The molecule has 2 heterocycles. The molecule has 0 aliphatic heterocycles. The van der Waals surface area contributed by atoms with Crippen molar-refractivity contribution >= 4 is 39.5 Å². The Hall–Kier alpha value is -1.53. The molecule has 0 aliphatic rings. The molecule has 106 valence electrons. The van der Waals surface area contributed by atoms with Gasteiger partial charge in [-0.2, -0.15) is 0 Å². The first kappa shape index (κ1) is 14.9. The first-order valence-electron chi connectivity index (χ1n) is 6.15. The molecule has 0 saturated carbocycles. The number of hydrogen-bond donors (Lipinski definition) is 1. The summed E-state index contributed by atoms with van der Waals surface area (Å²) >= 11 is 2.60. The van der Waals surface area contributed by atoms with Crippen LogP contribution in [0.5, 0.6) is 0 Å². The third-order valence-corrected chi connectivity index (χ3v) is 4.61. The van der Waals surface area contributed by atoms with E-state index in [9.17, 15) is 9.59 Å². The fraction of sp³-hybridized carbons (Fsp3) is 0.357. The van der Waals surface area contributed by atoms with E-state index in [1.807, 2.05) is 5.38 Å². The molecule has 0 aromatic carbocycles. The summed E-state index contributed by atoms with van der Waals surface area (Å²) in [6.07, 6.45) is 0. The number of carbonyl (C=O) groups excluding carboxylic acids is 2. The van der Waals surface area contributed by atoms with E-state index in [0.29, 0.717) is 14.9 Å². The van der Waals surface area contributed by atoms with Gasteiger partial charge in [0.05, 0.1) is 15.4 Å². The van der Waals surface area contributed by atoms with Gasteiger partial charge in [-0.15, -0.1) is 22.7 Å². The number of nitrogens with zero attached hydrogens (tertiary/aromatic N) is 1. The van der Waals surface area contributed by atoms with Crippen LogP contribution in [0.2, 0.25) is 0 Å². The molecule has 0 aliphatic carbocycles. The summed E-state index contributed by atoms with van der Waals surface area (Å²) in [5.74, 6) is -0.254. The lowest BCUT2D eigenvalue weighted by Crippen LogP contribution is -2.13. The highest BCUT2D eigenvalue weighted by molar-refractivity contribution is 7.16. The van der Waals surface area contributed by atoms with Gasteiger partial charge in [-0.25, -0.2) is 4.98 Å². The van der Waals surface area contributed by atoms with Crippen molar-refractivity contribution in [3.63, 3.8) is 0 Å². The number of rotatable bonds is 3. The number of amides is 1. The van der Waals surface area contributed by atoms with Gasteiger partial charge >= 0.3 is 0 Å². The summed E-state index contributed by atoms with van der Waals surface area (Å²) in [5, 5.41) is 5.30. The normalized spacial score (nSPS) is 11.4. The van der Waals surface area contributed by atoms with Gasteiger partial charge < -0.3 is 0 Å². The van der Waals surface area contributed by atoms with Gasteiger partial charge in [0.2, 0.25) is 0 Å². The van der Waals surface area contributed by atoms with Crippen molar-refractivity contribution in [1.82, 2.24) is 4.98 Å². The maximum atomic E-state index is 12.1. The van der Waals surface area contributed by atoms with Crippen molar-refractivity contribution in [2.24, 2.45) is 0 Å². The third kappa shape index (κ3) is 3.32. The quantitative estimate of drug-likeness (QED) is 0.873. The molecule has 4 nitrogen and oxygen atoms in total. The number of nitrogens with one attached hydrogen (secondary N) is 1. The van der Waals surface area contributed by atoms with Crippen LogP contribution in [0.25, 0.3) is 0 Å². The van der Waals surface area contributed by atoms with Crippen molar-refractivity contribution in [2.75, 3.05) is 5.32 Å². The van der Waals surface area contributed by atoms with Crippen LogP contribution in [0.4, 0.5) is 5.13 Å². The Morgan fingerprint density at radius 3 is 2.35 bits per heavy atom. The van der Waals surface area contributed by atoms with Gasteiger partial charge in [-0.05, 0) is 19.1 Å². The van der Waals surface area contributed by atoms with Crippen LogP contribution in [-0.4, -0.2) is 16.7 Å². The molecule has 6 heteroatoms. The standard InChI is InChI=1S/C14H16N2O2S2/c1-8(17)9-5-6-10(20-9)12(18)16-13-15-11(7-19-13)14(2,3)4/h5-7H,1-4H3,(H,15,16,18). The molecule has 0 spiro atoms. The lowest BCUT2D eigenvalue weighted by molar-refractivity contribution is 0.101. The Morgan fingerprint density at radius 2 is 1.85 bits per heavy atom. The number of hydrogen-bond acceptors (Lipinski definition) is 5. The molecule has 2 rings (SSSR count). The molecule has 1 N–H and O–H groups in total. The monoisotopic (exact) mass is 308 g/mol. The van der Waals surface area contributed by atoms with Gasteiger partial charge in [0, 0.05) is 10.8 Å². The van der Waals surface area contributed by atoms with E-state index in [2.05, 4.69) is 31.1 Å². The predicted octanol–water partition coefficient (Wildman–Crippen LogP) is 3.96. The Bertz CT molecular complexity index is 650. The molecule has 0 saturated heterocycles. The van der Waals surface area contributed by atoms with E-state index in [4.69, 9.17) is 0 Å². The van der Waals surface area contributed by atoms with Gasteiger partial charge in [0.25, 0.3) is 5.91 Å². The Kier molecular flexibility index (Phi) is 4.06. The minimum absolute atomic E-state index is 0.0293. The van der Waals surface area contributed by atoms with Crippen molar-refractivity contribution in [3.8, 4) is 0 Å². The fourth-order valence-electron chi connectivity index (χ4n) is 1.48. The lowest BCUT2D eigenvalue weighted by Gasteiger charge is -2.14. The molecule has 0 fully saturated rings. The maximum absolute atomic E-state index is 12.1. The summed E-state index contributed by atoms with van der Waals surface area (Å²) in [6, 6.07) is 3.33. The van der Waals surface area contributed by atoms with Gasteiger partial charge in [-0.3, -0.25) is 14.9 Å². The molecule has 1 amide bonds. The average molecular weight is 308 g/mol. The highest BCUT2D eigenvalue weighted by atomic mass is 32.1. The second-order valence-electron chi connectivity index (χ2n) is 5.46. The van der Waals surface area contributed by atoms with Gasteiger partial charge in [0.1, 0.15) is 0 Å². The summed E-state index contributed by atoms with van der Waals surface area (Å²) < 4.78 is 0. The lowest BCUT2D eigenvalue weighted by atomic mass is 9.93. The third-order valence-electron chi connectivity index (χ3n) is 2.67. The van der Waals surface area contributed by atoms with Crippen molar-refractivity contribution < 1.29 is 9.59 Å². The van der Waals surface area contributed by atoms with Crippen LogP contribution in [-0.2, 0) is 5.41 Å². The zero-order valence-electron chi connectivity index (χ0n) is 11.8. The van der Waals surface area contributed by atoms with Gasteiger partial charge in [-0.1, -0.05) is 20.8 Å². The number of ketones is 1. The Labute approximate surface area is 125 Å². The van der Waals surface area contributed by atoms with Crippen molar-refractivity contribution in [2.45, 2.75) is 33.1 Å². The van der Waals surface area contributed by atoms with E-state index < -0.39 is 0 Å². The van der Waals surface area contributed by atoms with Crippen LogP contribution >= 0.6 is 22.7 Å². The number of carbonyl (C=O) groups is 2. The smallest absolute Gasteiger partial charge is 0.267 e. The molecule has 0 bridgehead atoms. The van der Waals surface area contributed by atoms with Crippen molar-refractivity contribution in [3.05, 3.63) is 33.0 Å². The molecule has 0 unspecified atom stereocenters. The number of thiazole rings is 1. The minimum atomic E-state index is -0.225. The van der Waals surface area contributed by atoms with E-state index in [1.165, 1.54) is 29.6 Å². The summed E-state index contributed by atoms with van der Waals surface area (Å²) in [7, 11) is 0. The summed E-state index contributed by atoms with van der Waals surface area (Å²) in [6.45, 7) is 7.72. The zero-order chi connectivity index (χ0) is 14.9. The number of Topliss-reactive ketones (excluding diaryl/α,β-unsaturated/α-hetero) is 1. The van der Waals surface area contributed by atoms with E-state index in [0.717, 1.165) is 5.69 Å². The highest BCUT2D eigenvalue weighted by Gasteiger charge is 2.19. The molecule has 2 aromatic rings. The van der Waals surface area contributed by atoms with Crippen LogP contribution in [0.15, 0.2) is 17.5 Å². The molecule has 20 heavy (non-hydrogen) atoms. The number of thiophene rings is 1. The van der Waals surface area contributed by atoms with E-state index in [1.54, 1.807) is 12.1 Å². The Morgan fingerprint density at radius 1 is 1.20 bits per heavy atom. The minimum Gasteiger partial charge on any atom is -0.297 e. The second-order valence-corrected chi connectivity index (χ2v) is 7.40.